The Morgan fingerprint density at radius 3 is 3.19 bits per heavy atom. The van der Waals surface area contributed by atoms with Crippen LogP contribution in [0.5, 0.6) is 0 Å². The number of tetrazole rings is 1. The highest BCUT2D eigenvalue weighted by atomic mass is 35.5. The molecule has 0 atom stereocenters. The Kier molecular flexibility index (Phi) is 2.76. The van der Waals surface area contributed by atoms with Crippen molar-refractivity contribution in [1.82, 2.24) is 34.6 Å². The van der Waals surface area contributed by atoms with Gasteiger partial charge in [-0.3, -0.25) is 4.40 Å². The van der Waals surface area contributed by atoms with Gasteiger partial charge in [0.15, 0.2) is 21.6 Å². The Morgan fingerprint density at radius 1 is 1.38 bits per heavy atom. The number of rotatable bonds is 3. The van der Waals surface area contributed by atoms with Gasteiger partial charge in [-0.25, -0.2) is 4.98 Å². The molecule has 21 heavy (non-hydrogen) atoms. The van der Waals surface area contributed by atoms with Crippen molar-refractivity contribution in [2.75, 3.05) is 11.9 Å². The Balaban J connectivity index is 1.69. The molecule has 0 aromatic carbocycles. The van der Waals surface area contributed by atoms with Gasteiger partial charge in [-0.2, -0.15) is 0 Å². The number of aromatic nitrogens is 7. The molecule has 106 valence electrons. The Hall–Kier alpha value is -2.26. The maximum Gasteiger partial charge on any atom is 0.200 e. The second kappa shape index (κ2) is 4.64. The van der Waals surface area contributed by atoms with Crippen molar-refractivity contribution in [3.05, 3.63) is 34.6 Å². The van der Waals surface area contributed by atoms with Crippen LogP contribution in [0.3, 0.4) is 0 Å². The van der Waals surface area contributed by atoms with Crippen molar-refractivity contribution in [3.63, 3.8) is 0 Å². The number of anilines is 1. The molecule has 0 bridgehead atoms. The monoisotopic (exact) mass is 320 g/mol. The minimum Gasteiger partial charge on any atom is -0.352 e. The van der Waals surface area contributed by atoms with Gasteiger partial charge < -0.3 is 4.90 Å². The van der Waals surface area contributed by atoms with Crippen molar-refractivity contribution >= 4 is 39.4 Å². The molecule has 4 rings (SSSR count). The predicted octanol–water partition coefficient (Wildman–Crippen LogP) is 1.52. The summed E-state index contributed by atoms with van der Waals surface area (Å²) in [6, 6.07) is 3.68. The standard InChI is InChI=1S/C11H9ClN8S/c1-18(9-3-2-8-14-16-17-20(8)15-9)6-7-10(12)13-11-19(7)4-5-21-11/h2-5H,6H2,1H3. The van der Waals surface area contributed by atoms with Gasteiger partial charge in [0, 0.05) is 18.6 Å². The van der Waals surface area contributed by atoms with E-state index in [1.165, 1.54) is 4.63 Å². The first kappa shape index (κ1) is 12.5. The van der Waals surface area contributed by atoms with Gasteiger partial charge in [0.1, 0.15) is 0 Å². The quantitative estimate of drug-likeness (QED) is 0.569. The molecule has 0 aliphatic carbocycles. The van der Waals surface area contributed by atoms with E-state index in [0.717, 1.165) is 16.5 Å². The molecular weight excluding hydrogens is 312 g/mol. The Labute approximate surface area is 127 Å². The lowest BCUT2D eigenvalue weighted by Gasteiger charge is -2.17. The van der Waals surface area contributed by atoms with Crippen LogP contribution in [0.1, 0.15) is 5.69 Å². The van der Waals surface area contributed by atoms with Crippen LogP contribution in [-0.4, -0.2) is 41.7 Å². The maximum atomic E-state index is 6.21. The highest BCUT2D eigenvalue weighted by molar-refractivity contribution is 7.15. The molecule has 0 aliphatic heterocycles. The summed E-state index contributed by atoms with van der Waals surface area (Å²) >= 11 is 7.76. The van der Waals surface area contributed by atoms with Gasteiger partial charge >= 0.3 is 0 Å². The zero-order valence-corrected chi connectivity index (χ0v) is 12.5. The first-order chi connectivity index (χ1) is 10.2. The second-order valence-electron chi connectivity index (χ2n) is 4.48. The fraction of sp³-hybridized carbons (Fsp3) is 0.182. The summed E-state index contributed by atoms with van der Waals surface area (Å²) in [5, 5.41) is 18.0. The predicted molar refractivity (Wildman–Crippen MR) is 78.8 cm³/mol. The van der Waals surface area contributed by atoms with E-state index < -0.39 is 0 Å². The number of halogens is 1. The number of hydrogen-bond donors (Lipinski definition) is 0. The summed E-state index contributed by atoms with van der Waals surface area (Å²) in [4.78, 5) is 7.17. The van der Waals surface area contributed by atoms with E-state index >= 15 is 0 Å². The molecule has 10 heteroatoms. The molecule has 0 saturated carbocycles. The molecule has 8 nitrogen and oxygen atoms in total. The number of hydrogen-bond acceptors (Lipinski definition) is 7. The third-order valence-corrected chi connectivity index (χ3v) is 4.20. The summed E-state index contributed by atoms with van der Waals surface area (Å²) in [6.07, 6.45) is 1.96. The van der Waals surface area contributed by atoms with Gasteiger partial charge in [-0.15, -0.1) is 26.2 Å². The maximum absolute atomic E-state index is 6.21. The van der Waals surface area contributed by atoms with Crippen molar-refractivity contribution in [3.8, 4) is 0 Å². The Morgan fingerprint density at radius 2 is 2.29 bits per heavy atom. The molecule has 4 aromatic rings. The number of thiazole rings is 1. The lowest BCUT2D eigenvalue weighted by atomic mass is 10.4. The molecule has 0 spiro atoms. The second-order valence-corrected chi connectivity index (χ2v) is 5.71. The van der Waals surface area contributed by atoms with E-state index in [1.807, 2.05) is 40.1 Å². The molecule has 0 fully saturated rings. The van der Waals surface area contributed by atoms with Gasteiger partial charge in [0.25, 0.3) is 0 Å². The summed E-state index contributed by atoms with van der Waals surface area (Å²) in [5.41, 5.74) is 1.53. The van der Waals surface area contributed by atoms with E-state index in [4.69, 9.17) is 11.6 Å². The molecule has 4 aromatic heterocycles. The summed E-state index contributed by atoms with van der Waals surface area (Å²) in [5.74, 6) is 0.746. The van der Waals surface area contributed by atoms with Crippen LogP contribution >= 0.6 is 22.9 Å². The van der Waals surface area contributed by atoms with Gasteiger partial charge in [0.05, 0.1) is 12.2 Å². The minimum atomic E-state index is 0.511. The van der Waals surface area contributed by atoms with E-state index in [0.29, 0.717) is 17.3 Å². The van der Waals surface area contributed by atoms with Gasteiger partial charge in [-0.1, -0.05) is 11.6 Å². The third-order valence-electron chi connectivity index (χ3n) is 3.15. The summed E-state index contributed by atoms with van der Waals surface area (Å²) in [6.45, 7) is 0.581. The van der Waals surface area contributed by atoms with Gasteiger partial charge in [0.2, 0.25) is 0 Å². The highest BCUT2D eigenvalue weighted by Crippen LogP contribution is 2.23. The molecule has 0 aliphatic rings. The molecule has 0 saturated heterocycles. The zero-order chi connectivity index (χ0) is 14.4. The van der Waals surface area contributed by atoms with Gasteiger partial charge in [-0.05, 0) is 22.6 Å². The van der Waals surface area contributed by atoms with Crippen LogP contribution in [0.4, 0.5) is 5.82 Å². The van der Waals surface area contributed by atoms with E-state index in [-0.39, 0.29) is 0 Å². The topological polar surface area (TPSA) is 76.5 Å². The minimum absolute atomic E-state index is 0.511. The van der Waals surface area contributed by atoms with Crippen LogP contribution in [-0.2, 0) is 6.54 Å². The largest absolute Gasteiger partial charge is 0.352 e. The van der Waals surface area contributed by atoms with Crippen molar-refractivity contribution < 1.29 is 0 Å². The van der Waals surface area contributed by atoms with E-state index in [9.17, 15) is 0 Å². The average molecular weight is 321 g/mol. The SMILES string of the molecule is CN(Cc1c(Cl)nc2sccn12)c1ccc2nnnn2n1. The van der Waals surface area contributed by atoms with Crippen LogP contribution in [0, 0.1) is 0 Å². The van der Waals surface area contributed by atoms with Crippen molar-refractivity contribution in [1.29, 1.82) is 0 Å². The van der Waals surface area contributed by atoms with Crippen LogP contribution in [0.2, 0.25) is 5.15 Å². The normalized spacial score (nSPS) is 11.5. The molecule has 0 radical (unpaired) electrons. The summed E-state index contributed by atoms with van der Waals surface area (Å²) < 4.78 is 3.38. The van der Waals surface area contributed by atoms with Crippen molar-refractivity contribution in [2.24, 2.45) is 0 Å². The number of nitrogens with zero attached hydrogens (tertiary/aromatic N) is 8. The van der Waals surface area contributed by atoms with E-state index in [2.05, 4.69) is 25.6 Å². The lowest BCUT2D eigenvalue weighted by Crippen LogP contribution is -2.20. The smallest absolute Gasteiger partial charge is 0.200 e. The number of imidazole rings is 1. The third kappa shape index (κ3) is 2.01. The van der Waals surface area contributed by atoms with Crippen LogP contribution in [0.25, 0.3) is 10.6 Å². The van der Waals surface area contributed by atoms with E-state index in [1.54, 1.807) is 11.3 Å². The molecule has 0 amide bonds. The first-order valence-electron chi connectivity index (χ1n) is 6.09. The molecule has 0 unspecified atom stereocenters. The fourth-order valence-electron chi connectivity index (χ4n) is 2.10. The molecule has 0 N–H and O–H groups in total. The lowest BCUT2D eigenvalue weighted by molar-refractivity contribution is 0.718. The molecular formula is C11H9ClN8S. The first-order valence-corrected chi connectivity index (χ1v) is 7.34. The fourth-order valence-corrected chi connectivity index (χ4v) is 3.11. The van der Waals surface area contributed by atoms with Crippen LogP contribution < -0.4 is 4.90 Å². The average Bonchev–Trinajstić information content (AvgIpc) is 3.16. The zero-order valence-electron chi connectivity index (χ0n) is 10.9. The Bertz CT molecular complexity index is 925. The molecule has 4 heterocycles. The highest BCUT2D eigenvalue weighted by Gasteiger charge is 2.14. The summed E-state index contributed by atoms with van der Waals surface area (Å²) in [7, 11) is 1.93. The van der Waals surface area contributed by atoms with Crippen LogP contribution in [0.15, 0.2) is 23.7 Å². The number of fused-ring (bicyclic) bond motifs is 2. The van der Waals surface area contributed by atoms with Crippen molar-refractivity contribution in [2.45, 2.75) is 6.54 Å².